The molecule has 2 amide bonds. The van der Waals surface area contributed by atoms with Crippen molar-refractivity contribution in [1.29, 1.82) is 0 Å². The fraction of sp³-hybridized carbons (Fsp3) is 0.160. The fourth-order valence-corrected chi connectivity index (χ4v) is 4.75. The van der Waals surface area contributed by atoms with Crippen LogP contribution in [0, 0.1) is 9.39 Å². The number of hydrogen-bond acceptors (Lipinski definition) is 5. The molecule has 174 valence electrons. The maximum atomic E-state index is 13.3. The monoisotopic (exact) mass is 589 g/mol. The van der Waals surface area contributed by atoms with Gasteiger partial charge in [0.1, 0.15) is 16.8 Å². The molecule has 0 bridgehead atoms. The van der Waals surface area contributed by atoms with Crippen molar-refractivity contribution in [2.45, 2.75) is 18.2 Å². The Labute approximate surface area is 214 Å². The molecule has 1 N–H and O–H groups in total. The van der Waals surface area contributed by atoms with Gasteiger partial charge in [-0.1, -0.05) is 23.9 Å². The number of aliphatic imine (C=N–C) groups is 1. The molecule has 3 aromatic carbocycles. The van der Waals surface area contributed by atoms with Crippen LogP contribution in [-0.2, 0) is 16.1 Å². The fourth-order valence-electron chi connectivity index (χ4n) is 3.29. The molecule has 1 aliphatic rings. The third kappa shape index (κ3) is 6.15. The van der Waals surface area contributed by atoms with Gasteiger partial charge in [0.15, 0.2) is 5.17 Å². The number of thioether (sulfide) groups is 1. The molecule has 0 spiro atoms. The SMILES string of the molecule is COc1ccc(N=C2SC(C(=O)Nc3ccc(I)cc3)CC(=O)N2Cc2ccc(F)cc2)cc1. The van der Waals surface area contributed by atoms with E-state index in [4.69, 9.17) is 4.74 Å². The van der Waals surface area contributed by atoms with Crippen LogP contribution in [0.4, 0.5) is 15.8 Å². The minimum absolute atomic E-state index is 0.0314. The Kier molecular flexibility index (Phi) is 7.84. The number of anilines is 1. The Bertz CT molecular complexity index is 1200. The smallest absolute Gasteiger partial charge is 0.238 e. The van der Waals surface area contributed by atoms with E-state index in [2.05, 4.69) is 32.9 Å². The highest BCUT2D eigenvalue weighted by molar-refractivity contribution is 14.1. The Morgan fingerprint density at radius 1 is 1.12 bits per heavy atom. The average Bonchev–Trinajstić information content (AvgIpc) is 2.84. The zero-order chi connectivity index (χ0) is 24.1. The van der Waals surface area contributed by atoms with Crippen molar-refractivity contribution in [3.8, 4) is 5.75 Å². The molecule has 1 heterocycles. The molecule has 9 heteroatoms. The van der Waals surface area contributed by atoms with Gasteiger partial charge in [0.25, 0.3) is 0 Å². The number of ether oxygens (including phenoxy) is 1. The average molecular weight is 589 g/mol. The van der Waals surface area contributed by atoms with Crippen LogP contribution in [0.2, 0.25) is 0 Å². The number of rotatable bonds is 6. The number of carbonyl (C=O) groups excluding carboxylic acids is 2. The molecular formula is C25H21FIN3O3S. The Morgan fingerprint density at radius 2 is 1.79 bits per heavy atom. The molecule has 1 aliphatic heterocycles. The van der Waals surface area contributed by atoms with Gasteiger partial charge in [-0.2, -0.15) is 0 Å². The standard InChI is InChI=1S/C25H21FIN3O3S/c1-33-21-12-10-20(11-13-21)29-25-30(15-16-2-4-17(26)5-3-16)23(31)14-22(34-25)24(32)28-19-8-6-18(27)7-9-19/h2-13,22H,14-15H2,1H3,(H,28,32). The minimum Gasteiger partial charge on any atom is -0.497 e. The summed E-state index contributed by atoms with van der Waals surface area (Å²) in [6.45, 7) is 0.229. The maximum Gasteiger partial charge on any atom is 0.238 e. The summed E-state index contributed by atoms with van der Waals surface area (Å²) in [6, 6.07) is 20.5. The number of nitrogens with one attached hydrogen (secondary N) is 1. The first-order valence-corrected chi connectivity index (χ1v) is 12.4. The van der Waals surface area contributed by atoms with Gasteiger partial charge in [-0.25, -0.2) is 9.38 Å². The maximum absolute atomic E-state index is 13.3. The minimum atomic E-state index is -0.631. The van der Waals surface area contributed by atoms with Crippen LogP contribution in [0.1, 0.15) is 12.0 Å². The van der Waals surface area contributed by atoms with Crippen molar-refractivity contribution in [2.24, 2.45) is 4.99 Å². The summed E-state index contributed by atoms with van der Waals surface area (Å²) in [5.41, 5.74) is 2.05. The van der Waals surface area contributed by atoms with Gasteiger partial charge in [-0.05, 0) is 88.8 Å². The van der Waals surface area contributed by atoms with E-state index in [1.54, 1.807) is 43.5 Å². The topological polar surface area (TPSA) is 71.0 Å². The van der Waals surface area contributed by atoms with E-state index in [-0.39, 0.29) is 30.6 Å². The van der Waals surface area contributed by atoms with Crippen LogP contribution in [0.5, 0.6) is 5.75 Å². The summed E-state index contributed by atoms with van der Waals surface area (Å²) in [5, 5.41) is 2.66. The lowest BCUT2D eigenvalue weighted by molar-refractivity contribution is -0.129. The highest BCUT2D eigenvalue weighted by Crippen LogP contribution is 2.31. The first-order chi connectivity index (χ1) is 16.4. The molecule has 34 heavy (non-hydrogen) atoms. The summed E-state index contributed by atoms with van der Waals surface area (Å²) in [5.74, 6) is -0.140. The summed E-state index contributed by atoms with van der Waals surface area (Å²) in [7, 11) is 1.58. The normalized spacial score (nSPS) is 17.0. The third-order valence-electron chi connectivity index (χ3n) is 5.09. The predicted octanol–water partition coefficient (Wildman–Crippen LogP) is 5.60. The molecular weight excluding hydrogens is 568 g/mol. The molecule has 1 fully saturated rings. The zero-order valence-electron chi connectivity index (χ0n) is 18.2. The number of halogens is 2. The van der Waals surface area contributed by atoms with Crippen molar-refractivity contribution in [2.75, 3.05) is 12.4 Å². The van der Waals surface area contributed by atoms with Gasteiger partial charge in [-0.15, -0.1) is 0 Å². The van der Waals surface area contributed by atoms with Crippen LogP contribution in [0.15, 0.2) is 77.8 Å². The van der Waals surface area contributed by atoms with Crippen molar-refractivity contribution in [3.05, 3.63) is 87.7 Å². The Balaban J connectivity index is 1.59. The Hall–Kier alpha value is -2.92. The number of amidine groups is 1. The first kappa shape index (κ1) is 24.2. The molecule has 1 atom stereocenters. The van der Waals surface area contributed by atoms with Crippen LogP contribution >= 0.6 is 34.4 Å². The van der Waals surface area contributed by atoms with E-state index in [0.29, 0.717) is 22.3 Å². The molecule has 6 nitrogen and oxygen atoms in total. The summed E-state index contributed by atoms with van der Waals surface area (Å²) < 4.78 is 19.6. The van der Waals surface area contributed by atoms with Gasteiger partial charge in [0.2, 0.25) is 11.8 Å². The second kappa shape index (κ2) is 11.0. The lowest BCUT2D eigenvalue weighted by Crippen LogP contribution is -2.44. The van der Waals surface area contributed by atoms with Crippen molar-refractivity contribution >= 4 is 62.7 Å². The van der Waals surface area contributed by atoms with Crippen molar-refractivity contribution < 1.29 is 18.7 Å². The number of carbonyl (C=O) groups is 2. The largest absolute Gasteiger partial charge is 0.497 e. The summed E-state index contributed by atoms with van der Waals surface area (Å²) >= 11 is 3.43. The van der Waals surface area contributed by atoms with E-state index < -0.39 is 5.25 Å². The molecule has 0 aliphatic carbocycles. The van der Waals surface area contributed by atoms with E-state index in [9.17, 15) is 14.0 Å². The summed E-state index contributed by atoms with van der Waals surface area (Å²) in [6.07, 6.45) is 0.0314. The van der Waals surface area contributed by atoms with E-state index >= 15 is 0 Å². The molecule has 4 rings (SSSR count). The molecule has 1 unspecified atom stereocenters. The van der Waals surface area contributed by atoms with Crippen LogP contribution in [0.3, 0.4) is 0 Å². The Morgan fingerprint density at radius 3 is 2.44 bits per heavy atom. The highest BCUT2D eigenvalue weighted by atomic mass is 127. The van der Waals surface area contributed by atoms with Gasteiger partial charge in [0, 0.05) is 15.7 Å². The summed E-state index contributed by atoms with van der Waals surface area (Å²) in [4.78, 5) is 32.3. The number of nitrogens with zero attached hydrogens (tertiary/aromatic N) is 2. The van der Waals surface area contributed by atoms with E-state index in [0.717, 1.165) is 9.13 Å². The number of amides is 2. The lowest BCUT2D eigenvalue weighted by Gasteiger charge is -2.32. The molecule has 0 saturated carbocycles. The van der Waals surface area contributed by atoms with Crippen molar-refractivity contribution in [3.63, 3.8) is 0 Å². The molecule has 3 aromatic rings. The van der Waals surface area contributed by atoms with E-state index in [1.807, 2.05) is 24.3 Å². The molecule has 0 radical (unpaired) electrons. The molecule has 0 aromatic heterocycles. The van der Waals surface area contributed by atoms with Crippen LogP contribution < -0.4 is 10.1 Å². The number of hydrogen-bond donors (Lipinski definition) is 1. The van der Waals surface area contributed by atoms with Gasteiger partial charge >= 0.3 is 0 Å². The zero-order valence-corrected chi connectivity index (χ0v) is 21.2. The van der Waals surface area contributed by atoms with Gasteiger partial charge in [0.05, 0.1) is 19.3 Å². The first-order valence-electron chi connectivity index (χ1n) is 10.4. The van der Waals surface area contributed by atoms with Crippen molar-refractivity contribution in [1.82, 2.24) is 4.90 Å². The van der Waals surface area contributed by atoms with Crippen LogP contribution in [0.25, 0.3) is 0 Å². The second-order valence-corrected chi connectivity index (χ2v) is 9.92. The second-order valence-electron chi connectivity index (χ2n) is 7.51. The lowest BCUT2D eigenvalue weighted by atomic mass is 10.2. The number of benzene rings is 3. The van der Waals surface area contributed by atoms with Crippen LogP contribution in [-0.4, -0.2) is 34.2 Å². The van der Waals surface area contributed by atoms with Gasteiger partial charge in [-0.3, -0.25) is 14.5 Å². The highest BCUT2D eigenvalue weighted by Gasteiger charge is 2.36. The predicted molar refractivity (Wildman–Crippen MR) is 141 cm³/mol. The number of methoxy groups -OCH3 is 1. The molecule has 1 saturated heterocycles. The van der Waals surface area contributed by atoms with Gasteiger partial charge < -0.3 is 10.1 Å². The quantitative estimate of drug-likeness (QED) is 0.381. The third-order valence-corrected chi connectivity index (χ3v) is 7.00. The van der Waals surface area contributed by atoms with E-state index in [1.165, 1.54) is 28.8 Å².